The molecule has 5 nitrogen and oxygen atoms in total. The van der Waals surface area contributed by atoms with E-state index in [1.54, 1.807) is 0 Å². The second-order valence-corrected chi connectivity index (χ2v) is 6.78. The third-order valence-corrected chi connectivity index (χ3v) is 4.48. The Morgan fingerprint density at radius 3 is 2.50 bits per heavy atom. The Labute approximate surface area is 151 Å². The van der Waals surface area contributed by atoms with Gasteiger partial charge in [0.15, 0.2) is 10.8 Å². The molecule has 2 heterocycles. The molecule has 0 unspecified atom stereocenters. The van der Waals surface area contributed by atoms with Crippen LogP contribution >= 0.6 is 11.8 Å². The number of amides is 1. The predicted octanol–water partition coefficient (Wildman–Crippen LogP) is 4.10. The van der Waals surface area contributed by atoms with Crippen molar-refractivity contribution in [3.63, 3.8) is 0 Å². The second kappa shape index (κ2) is 6.99. The van der Waals surface area contributed by atoms with Crippen molar-refractivity contribution >= 4 is 29.0 Å². The van der Waals surface area contributed by atoms with Crippen LogP contribution in [0.1, 0.15) is 16.7 Å². The molecule has 0 aliphatic heterocycles. The maximum Gasteiger partial charge on any atom is 0.417 e. The summed E-state index contributed by atoms with van der Waals surface area (Å²) in [5, 5.41) is 10.7. The van der Waals surface area contributed by atoms with E-state index in [9.17, 15) is 18.0 Å². The van der Waals surface area contributed by atoms with Crippen LogP contribution in [0.15, 0.2) is 41.7 Å². The fourth-order valence-corrected chi connectivity index (χ4v) is 3.23. The summed E-state index contributed by atoms with van der Waals surface area (Å²) in [6.07, 6.45) is -3.53. The number of hydrogen-bond donors (Lipinski definition) is 1. The molecule has 9 heteroatoms. The number of hydrogen-bond acceptors (Lipinski definition) is 4. The topological polar surface area (TPSA) is 59.3 Å². The smallest absolute Gasteiger partial charge is 0.325 e. The molecule has 0 saturated heterocycles. The van der Waals surface area contributed by atoms with Crippen LogP contribution < -0.4 is 5.32 Å². The summed E-state index contributed by atoms with van der Waals surface area (Å²) in [6.45, 7) is 3.86. The molecule has 0 saturated carbocycles. The summed E-state index contributed by atoms with van der Waals surface area (Å²) in [5.41, 5.74) is 2.22. The molecular formula is C17H15F3N4OS. The third kappa shape index (κ3) is 4.16. The number of pyridine rings is 1. The first-order chi connectivity index (χ1) is 12.2. The Hall–Kier alpha value is -2.55. The Balaban J connectivity index is 1.72. The van der Waals surface area contributed by atoms with E-state index >= 15 is 0 Å². The van der Waals surface area contributed by atoms with Gasteiger partial charge in [-0.05, 0) is 49.2 Å². The van der Waals surface area contributed by atoms with Crippen LogP contribution in [0, 0.1) is 13.8 Å². The van der Waals surface area contributed by atoms with Crippen LogP contribution in [0.3, 0.4) is 0 Å². The van der Waals surface area contributed by atoms with Gasteiger partial charge in [0.1, 0.15) is 0 Å². The van der Waals surface area contributed by atoms with E-state index in [1.807, 2.05) is 32.0 Å². The molecule has 0 spiro atoms. The highest BCUT2D eigenvalue weighted by atomic mass is 32.2. The largest absolute Gasteiger partial charge is 0.417 e. The van der Waals surface area contributed by atoms with E-state index in [4.69, 9.17) is 0 Å². The standard InChI is InChI=1S/C17H15F3N4OS/c1-10-5-11(2)7-13(6-10)21-15(25)9-26-16-23-22-14-4-3-12(8-24(14)16)17(18,19)20/h3-8H,9H2,1-2H3,(H,21,25). The zero-order chi connectivity index (χ0) is 18.9. The zero-order valence-electron chi connectivity index (χ0n) is 14.0. The van der Waals surface area contributed by atoms with Crippen molar-refractivity contribution in [3.8, 4) is 0 Å². The minimum absolute atomic E-state index is 0.00400. The first-order valence-corrected chi connectivity index (χ1v) is 8.64. The molecule has 0 atom stereocenters. The number of benzene rings is 1. The van der Waals surface area contributed by atoms with Gasteiger partial charge in [-0.2, -0.15) is 13.2 Å². The molecule has 0 bridgehead atoms. The molecule has 3 rings (SSSR count). The van der Waals surface area contributed by atoms with E-state index in [-0.39, 0.29) is 22.5 Å². The second-order valence-electron chi connectivity index (χ2n) is 5.84. The number of nitrogens with one attached hydrogen (secondary N) is 1. The van der Waals surface area contributed by atoms with Gasteiger partial charge in [-0.3, -0.25) is 9.20 Å². The van der Waals surface area contributed by atoms with E-state index in [1.165, 1.54) is 10.5 Å². The number of aryl methyl sites for hydroxylation is 2. The molecular weight excluding hydrogens is 365 g/mol. The zero-order valence-corrected chi connectivity index (χ0v) is 14.8. The minimum Gasteiger partial charge on any atom is -0.325 e. The van der Waals surface area contributed by atoms with Crippen molar-refractivity contribution in [1.82, 2.24) is 14.6 Å². The van der Waals surface area contributed by atoms with Gasteiger partial charge in [-0.15, -0.1) is 10.2 Å². The number of rotatable bonds is 4. The van der Waals surface area contributed by atoms with Crippen molar-refractivity contribution in [1.29, 1.82) is 0 Å². The molecule has 1 N–H and O–H groups in total. The van der Waals surface area contributed by atoms with Crippen molar-refractivity contribution in [2.75, 3.05) is 11.1 Å². The van der Waals surface area contributed by atoms with Gasteiger partial charge in [-0.1, -0.05) is 17.8 Å². The molecule has 0 aliphatic rings. The van der Waals surface area contributed by atoms with E-state index in [2.05, 4.69) is 15.5 Å². The number of alkyl halides is 3. The van der Waals surface area contributed by atoms with Gasteiger partial charge in [0.2, 0.25) is 5.91 Å². The summed E-state index contributed by atoms with van der Waals surface area (Å²) in [7, 11) is 0. The minimum atomic E-state index is -4.46. The van der Waals surface area contributed by atoms with Crippen LogP contribution in [0.2, 0.25) is 0 Å². The lowest BCUT2D eigenvalue weighted by molar-refractivity contribution is -0.137. The monoisotopic (exact) mass is 380 g/mol. The quantitative estimate of drug-likeness (QED) is 0.693. The SMILES string of the molecule is Cc1cc(C)cc(NC(=O)CSc2nnc3ccc(C(F)(F)F)cn23)c1. The Bertz CT molecular complexity index is 948. The van der Waals surface area contributed by atoms with Crippen molar-refractivity contribution < 1.29 is 18.0 Å². The Kier molecular flexibility index (Phi) is 4.90. The number of carbonyl (C=O) groups is 1. The van der Waals surface area contributed by atoms with Gasteiger partial charge in [-0.25, -0.2) is 0 Å². The molecule has 0 aliphatic carbocycles. The predicted molar refractivity (Wildman–Crippen MR) is 93.3 cm³/mol. The van der Waals surface area contributed by atoms with Crippen molar-refractivity contribution in [2.24, 2.45) is 0 Å². The summed E-state index contributed by atoms with van der Waals surface area (Å²) in [6, 6.07) is 7.88. The molecule has 1 aromatic carbocycles. The molecule has 0 fully saturated rings. The first-order valence-electron chi connectivity index (χ1n) is 7.65. The molecule has 136 valence electrons. The number of carbonyl (C=O) groups excluding carboxylic acids is 1. The van der Waals surface area contributed by atoms with Crippen molar-refractivity contribution in [3.05, 3.63) is 53.2 Å². The van der Waals surface area contributed by atoms with Gasteiger partial charge < -0.3 is 5.32 Å². The maximum absolute atomic E-state index is 12.9. The molecule has 3 aromatic rings. The first kappa shape index (κ1) is 18.2. The molecule has 1 amide bonds. The van der Waals surface area contributed by atoms with Crippen LogP contribution in [0.25, 0.3) is 5.65 Å². The highest BCUT2D eigenvalue weighted by Gasteiger charge is 2.31. The van der Waals surface area contributed by atoms with Crippen LogP contribution in [-0.4, -0.2) is 26.3 Å². The van der Waals surface area contributed by atoms with Gasteiger partial charge >= 0.3 is 6.18 Å². The van der Waals surface area contributed by atoms with Crippen molar-refractivity contribution in [2.45, 2.75) is 25.2 Å². The summed E-state index contributed by atoms with van der Waals surface area (Å²) in [5.74, 6) is -0.270. The maximum atomic E-state index is 12.9. The van der Waals surface area contributed by atoms with Gasteiger partial charge in [0, 0.05) is 11.9 Å². The Morgan fingerprint density at radius 2 is 1.85 bits per heavy atom. The van der Waals surface area contributed by atoms with Gasteiger partial charge in [0.05, 0.1) is 11.3 Å². The Morgan fingerprint density at radius 1 is 1.15 bits per heavy atom. The number of halogens is 3. The normalized spacial score (nSPS) is 11.7. The summed E-state index contributed by atoms with van der Waals surface area (Å²) < 4.78 is 39.8. The number of fused-ring (bicyclic) bond motifs is 1. The lowest BCUT2D eigenvalue weighted by Gasteiger charge is -2.08. The highest BCUT2D eigenvalue weighted by Crippen LogP contribution is 2.30. The number of thioether (sulfide) groups is 1. The van der Waals surface area contributed by atoms with E-state index in [0.717, 1.165) is 35.2 Å². The highest BCUT2D eigenvalue weighted by molar-refractivity contribution is 7.99. The van der Waals surface area contributed by atoms with Crippen LogP contribution in [0.4, 0.5) is 18.9 Å². The summed E-state index contributed by atoms with van der Waals surface area (Å²) in [4.78, 5) is 12.1. The number of anilines is 1. The summed E-state index contributed by atoms with van der Waals surface area (Å²) >= 11 is 1.02. The number of nitrogens with zero attached hydrogens (tertiary/aromatic N) is 3. The molecule has 26 heavy (non-hydrogen) atoms. The van der Waals surface area contributed by atoms with E-state index < -0.39 is 11.7 Å². The molecule has 0 radical (unpaired) electrons. The fourth-order valence-electron chi connectivity index (χ4n) is 2.51. The average molecular weight is 380 g/mol. The van der Waals surface area contributed by atoms with Crippen LogP contribution in [0.5, 0.6) is 0 Å². The lowest BCUT2D eigenvalue weighted by Crippen LogP contribution is -2.14. The van der Waals surface area contributed by atoms with Crippen LogP contribution in [-0.2, 0) is 11.0 Å². The lowest BCUT2D eigenvalue weighted by atomic mass is 10.1. The number of aromatic nitrogens is 3. The average Bonchev–Trinajstić information content (AvgIpc) is 2.93. The van der Waals surface area contributed by atoms with Gasteiger partial charge in [0.25, 0.3) is 0 Å². The fraction of sp³-hybridized carbons (Fsp3) is 0.235. The molecule has 2 aromatic heterocycles. The third-order valence-electron chi connectivity index (χ3n) is 3.54. The van der Waals surface area contributed by atoms with E-state index in [0.29, 0.717) is 5.69 Å².